The lowest BCUT2D eigenvalue weighted by Crippen LogP contribution is -2.52. The van der Waals surface area contributed by atoms with Crippen LogP contribution in [0.4, 0.5) is 0 Å². The normalized spacial score (nSPS) is 40.4. The SMILES string of the molecule is CCC1CCC(CN)(N2CCCC(C)CC2)C1. The minimum atomic E-state index is 0.366. The molecule has 2 rings (SSSR count). The lowest BCUT2D eigenvalue weighted by molar-refractivity contribution is 0.0978. The van der Waals surface area contributed by atoms with Gasteiger partial charge in [0.15, 0.2) is 0 Å². The third-order valence-electron chi connectivity index (χ3n) is 5.33. The quantitative estimate of drug-likeness (QED) is 0.819. The molecular weight excluding hydrogens is 208 g/mol. The molecule has 1 saturated carbocycles. The lowest BCUT2D eigenvalue weighted by atomic mass is 9.92. The molecular formula is C15H30N2. The molecule has 17 heavy (non-hydrogen) atoms. The summed E-state index contributed by atoms with van der Waals surface area (Å²) in [7, 11) is 0. The third-order valence-corrected chi connectivity index (χ3v) is 5.33. The molecule has 100 valence electrons. The maximum Gasteiger partial charge on any atom is 0.0334 e. The Bertz CT molecular complexity index is 241. The van der Waals surface area contributed by atoms with E-state index in [-0.39, 0.29) is 0 Å². The van der Waals surface area contributed by atoms with E-state index in [1.165, 1.54) is 58.0 Å². The highest BCUT2D eigenvalue weighted by Crippen LogP contribution is 2.41. The van der Waals surface area contributed by atoms with Gasteiger partial charge in [0.2, 0.25) is 0 Å². The van der Waals surface area contributed by atoms with E-state index >= 15 is 0 Å². The summed E-state index contributed by atoms with van der Waals surface area (Å²) < 4.78 is 0. The highest BCUT2D eigenvalue weighted by Gasteiger charge is 2.42. The minimum Gasteiger partial charge on any atom is -0.329 e. The van der Waals surface area contributed by atoms with Gasteiger partial charge in [-0.1, -0.05) is 20.3 Å². The smallest absolute Gasteiger partial charge is 0.0334 e. The average Bonchev–Trinajstić information content (AvgIpc) is 2.66. The van der Waals surface area contributed by atoms with Crippen LogP contribution in [-0.4, -0.2) is 30.1 Å². The van der Waals surface area contributed by atoms with Gasteiger partial charge in [0.1, 0.15) is 0 Å². The van der Waals surface area contributed by atoms with E-state index in [9.17, 15) is 0 Å². The van der Waals surface area contributed by atoms with Crippen LogP contribution in [0.25, 0.3) is 0 Å². The van der Waals surface area contributed by atoms with Crippen molar-refractivity contribution in [1.82, 2.24) is 4.90 Å². The molecule has 0 aromatic heterocycles. The zero-order valence-electron chi connectivity index (χ0n) is 11.8. The van der Waals surface area contributed by atoms with Gasteiger partial charge in [-0.2, -0.15) is 0 Å². The van der Waals surface area contributed by atoms with E-state index in [1.54, 1.807) is 0 Å². The standard InChI is InChI=1S/C15H30N2/c1-3-14-6-8-15(11-14,12-16)17-9-4-5-13(2)7-10-17/h13-14H,3-12,16H2,1-2H3. The molecule has 1 heterocycles. The van der Waals surface area contributed by atoms with Crippen molar-refractivity contribution in [2.75, 3.05) is 19.6 Å². The van der Waals surface area contributed by atoms with Gasteiger partial charge < -0.3 is 5.73 Å². The Hall–Kier alpha value is -0.0800. The van der Waals surface area contributed by atoms with E-state index in [4.69, 9.17) is 5.73 Å². The van der Waals surface area contributed by atoms with Crippen LogP contribution in [0.1, 0.15) is 58.8 Å². The van der Waals surface area contributed by atoms with Crippen LogP contribution in [-0.2, 0) is 0 Å². The molecule has 0 radical (unpaired) electrons. The second kappa shape index (κ2) is 5.71. The van der Waals surface area contributed by atoms with Crippen molar-refractivity contribution in [3.63, 3.8) is 0 Å². The zero-order valence-corrected chi connectivity index (χ0v) is 11.8. The molecule has 1 aliphatic carbocycles. The summed E-state index contributed by atoms with van der Waals surface area (Å²) in [4.78, 5) is 2.76. The molecule has 0 spiro atoms. The highest BCUT2D eigenvalue weighted by molar-refractivity contribution is 4.99. The van der Waals surface area contributed by atoms with Crippen molar-refractivity contribution in [3.8, 4) is 0 Å². The molecule has 2 nitrogen and oxygen atoms in total. The van der Waals surface area contributed by atoms with Crippen LogP contribution in [0, 0.1) is 11.8 Å². The first-order valence-electron chi connectivity index (χ1n) is 7.65. The molecule has 0 amide bonds. The Morgan fingerprint density at radius 3 is 2.71 bits per heavy atom. The number of rotatable bonds is 3. The van der Waals surface area contributed by atoms with E-state index in [0.717, 1.165) is 18.4 Å². The van der Waals surface area contributed by atoms with E-state index in [2.05, 4.69) is 18.7 Å². The van der Waals surface area contributed by atoms with E-state index < -0.39 is 0 Å². The first-order valence-corrected chi connectivity index (χ1v) is 7.65. The van der Waals surface area contributed by atoms with Gasteiger partial charge in [0.25, 0.3) is 0 Å². The molecule has 0 aromatic rings. The minimum absolute atomic E-state index is 0.366. The van der Waals surface area contributed by atoms with Gasteiger partial charge in [-0.25, -0.2) is 0 Å². The van der Waals surface area contributed by atoms with Gasteiger partial charge in [-0.3, -0.25) is 4.90 Å². The van der Waals surface area contributed by atoms with Gasteiger partial charge in [0.05, 0.1) is 0 Å². The molecule has 0 bridgehead atoms. The third kappa shape index (κ3) is 2.85. The van der Waals surface area contributed by atoms with E-state index in [0.29, 0.717) is 5.54 Å². The molecule has 3 unspecified atom stereocenters. The van der Waals surface area contributed by atoms with Crippen LogP contribution in [0.2, 0.25) is 0 Å². The summed E-state index contributed by atoms with van der Waals surface area (Å²) >= 11 is 0. The van der Waals surface area contributed by atoms with Crippen molar-refractivity contribution >= 4 is 0 Å². The maximum absolute atomic E-state index is 6.16. The van der Waals surface area contributed by atoms with Crippen molar-refractivity contribution in [2.45, 2.75) is 64.3 Å². The Labute approximate surface area is 107 Å². The Morgan fingerprint density at radius 1 is 1.24 bits per heavy atom. The Kier molecular flexibility index (Phi) is 4.48. The summed E-state index contributed by atoms with van der Waals surface area (Å²) in [6.07, 6.45) is 9.60. The first kappa shape index (κ1) is 13.4. The number of hydrogen-bond acceptors (Lipinski definition) is 2. The number of hydrogen-bond donors (Lipinski definition) is 1. The second-order valence-corrected chi connectivity index (χ2v) is 6.47. The molecule has 2 N–H and O–H groups in total. The average molecular weight is 238 g/mol. The largest absolute Gasteiger partial charge is 0.329 e. The Balaban J connectivity index is 2.02. The molecule has 2 heteroatoms. The van der Waals surface area contributed by atoms with Gasteiger partial charge in [-0.15, -0.1) is 0 Å². The summed E-state index contributed by atoms with van der Waals surface area (Å²) in [5.41, 5.74) is 6.53. The maximum atomic E-state index is 6.16. The highest BCUT2D eigenvalue weighted by atomic mass is 15.2. The van der Waals surface area contributed by atoms with Gasteiger partial charge in [-0.05, 0) is 63.5 Å². The summed E-state index contributed by atoms with van der Waals surface area (Å²) in [5, 5.41) is 0. The molecule has 0 aromatic carbocycles. The van der Waals surface area contributed by atoms with Crippen LogP contribution in [0.15, 0.2) is 0 Å². The van der Waals surface area contributed by atoms with Crippen molar-refractivity contribution in [3.05, 3.63) is 0 Å². The fourth-order valence-electron chi connectivity index (χ4n) is 3.90. The second-order valence-electron chi connectivity index (χ2n) is 6.47. The van der Waals surface area contributed by atoms with Crippen LogP contribution < -0.4 is 5.73 Å². The number of nitrogens with two attached hydrogens (primary N) is 1. The monoisotopic (exact) mass is 238 g/mol. The number of likely N-dealkylation sites (tertiary alicyclic amines) is 1. The van der Waals surface area contributed by atoms with Crippen LogP contribution >= 0.6 is 0 Å². The summed E-state index contributed by atoms with van der Waals surface area (Å²) in [6.45, 7) is 8.19. The van der Waals surface area contributed by atoms with Crippen LogP contribution in [0.3, 0.4) is 0 Å². The van der Waals surface area contributed by atoms with Gasteiger partial charge in [0, 0.05) is 12.1 Å². The number of nitrogens with zero attached hydrogens (tertiary/aromatic N) is 1. The molecule has 2 fully saturated rings. The fourth-order valence-corrected chi connectivity index (χ4v) is 3.90. The zero-order chi connectivity index (χ0) is 12.3. The summed E-state index contributed by atoms with van der Waals surface area (Å²) in [5.74, 6) is 1.84. The Morgan fingerprint density at radius 2 is 2.06 bits per heavy atom. The summed E-state index contributed by atoms with van der Waals surface area (Å²) in [6, 6.07) is 0. The first-order chi connectivity index (χ1) is 8.20. The predicted octanol–water partition coefficient (Wildman–Crippen LogP) is 3.02. The molecule has 1 saturated heterocycles. The van der Waals surface area contributed by atoms with Crippen molar-refractivity contribution in [2.24, 2.45) is 17.6 Å². The van der Waals surface area contributed by atoms with Crippen LogP contribution in [0.5, 0.6) is 0 Å². The van der Waals surface area contributed by atoms with Crippen molar-refractivity contribution < 1.29 is 0 Å². The molecule has 1 aliphatic heterocycles. The lowest BCUT2D eigenvalue weighted by Gasteiger charge is -2.40. The topological polar surface area (TPSA) is 29.3 Å². The van der Waals surface area contributed by atoms with Crippen molar-refractivity contribution in [1.29, 1.82) is 0 Å². The van der Waals surface area contributed by atoms with Gasteiger partial charge >= 0.3 is 0 Å². The predicted molar refractivity (Wildman–Crippen MR) is 74.0 cm³/mol. The fraction of sp³-hybridized carbons (Fsp3) is 1.00. The molecule has 3 atom stereocenters. The van der Waals surface area contributed by atoms with E-state index in [1.807, 2.05) is 0 Å². The molecule has 2 aliphatic rings.